The average Bonchev–Trinajstić information content (AvgIpc) is 3.11. The van der Waals surface area contributed by atoms with Gasteiger partial charge in [0.2, 0.25) is 0 Å². The van der Waals surface area contributed by atoms with Gasteiger partial charge in [-0.25, -0.2) is 9.59 Å². The number of allylic oxidation sites excluding steroid dienone is 1. The number of carbonyl (C=O) groups is 2. The zero-order valence-corrected chi connectivity index (χ0v) is 22.0. The van der Waals surface area contributed by atoms with E-state index in [2.05, 4.69) is 30.3 Å². The molecule has 3 aromatic rings. The van der Waals surface area contributed by atoms with Gasteiger partial charge in [0.1, 0.15) is 5.76 Å². The maximum atomic E-state index is 12.6. The van der Waals surface area contributed by atoms with E-state index in [0.717, 1.165) is 0 Å². The van der Waals surface area contributed by atoms with E-state index in [1.165, 1.54) is 38.3 Å². The number of carbonyl (C=O) groups excluding carboxylic acids is 3. The first-order valence-corrected chi connectivity index (χ1v) is 8.77. The van der Waals surface area contributed by atoms with Gasteiger partial charge in [0, 0.05) is 16.9 Å². The summed E-state index contributed by atoms with van der Waals surface area (Å²) in [6, 6.07) is 8.53. The van der Waals surface area contributed by atoms with E-state index in [1.807, 2.05) is 0 Å². The number of ether oxygens (including phenoxy) is 1. The van der Waals surface area contributed by atoms with Crippen LogP contribution in [0.4, 0.5) is 11.4 Å². The molecule has 1 amide bonds. The predicted octanol–water partition coefficient (Wildman–Crippen LogP) is 3.06. The molecule has 0 spiro atoms. The predicted molar refractivity (Wildman–Crippen MR) is 116 cm³/mol. The third-order valence-electron chi connectivity index (χ3n) is 4.05. The molecule has 4 N–H and O–H groups in total. The average molecular weight is 675 g/mol. The Kier molecular flexibility index (Phi) is 9.97. The third kappa shape index (κ3) is 6.74. The molecule has 1 heterocycles. The number of imidazole rings is 1. The first kappa shape index (κ1) is 27.5. The Morgan fingerprint density at radius 2 is 1.82 bits per heavy atom. The Hall–Kier alpha value is -3.49. The number of aliphatic hydroxyl groups excluding tert-OH is 1. The zero-order valence-electron chi connectivity index (χ0n) is 17.8. The summed E-state index contributed by atoms with van der Waals surface area (Å²) < 4.78 is 4.61. The summed E-state index contributed by atoms with van der Waals surface area (Å²) in [7, 11) is 1.18. The van der Waals surface area contributed by atoms with Crippen molar-refractivity contribution in [3.8, 4) is 0 Å². The maximum Gasteiger partial charge on any atom is 2.00 e. The van der Waals surface area contributed by atoms with Crippen LogP contribution in [0.1, 0.15) is 22.8 Å². The number of rotatable bonds is 6. The van der Waals surface area contributed by atoms with E-state index in [1.54, 1.807) is 18.4 Å². The number of amides is 1. The van der Waals surface area contributed by atoms with Gasteiger partial charge < -0.3 is 37.3 Å². The van der Waals surface area contributed by atoms with Gasteiger partial charge in [0.15, 0.2) is 5.70 Å². The van der Waals surface area contributed by atoms with E-state index < -0.39 is 23.3 Å². The molecule has 0 bridgehead atoms. The number of aromatic nitrogens is 2. The summed E-state index contributed by atoms with van der Waals surface area (Å²) in [5.41, 5.74) is 0.732. The summed E-state index contributed by atoms with van der Waals surface area (Å²) in [5, 5.41) is 20.0. The molecule has 0 aliphatic heterocycles. The van der Waals surface area contributed by atoms with E-state index in [-0.39, 0.29) is 61.0 Å². The Morgan fingerprint density at radius 3 is 2.45 bits per heavy atom. The van der Waals surface area contributed by atoms with Crippen LogP contribution >= 0.6 is 0 Å². The van der Waals surface area contributed by atoms with Gasteiger partial charge in [-0.15, -0.1) is 22.8 Å². The molecule has 2 aromatic carbocycles. The molecule has 33 heavy (non-hydrogen) atoms. The Bertz CT molecular complexity index is 1300. The molecule has 0 saturated heterocycles. The van der Waals surface area contributed by atoms with E-state index >= 15 is 0 Å². The van der Waals surface area contributed by atoms with Gasteiger partial charge in [-0.05, 0) is 31.2 Å². The molecule has 0 radical (unpaired) electrons. The van der Waals surface area contributed by atoms with Crippen molar-refractivity contribution in [2.45, 2.75) is 6.92 Å². The first-order valence-electron chi connectivity index (χ1n) is 8.77. The van der Waals surface area contributed by atoms with Crippen LogP contribution in [0.25, 0.3) is 11.0 Å². The van der Waals surface area contributed by atoms with E-state index in [9.17, 15) is 24.3 Å². The van der Waals surface area contributed by atoms with E-state index in [4.69, 9.17) is 0 Å². The van der Waals surface area contributed by atoms with Crippen LogP contribution < -0.4 is 11.0 Å². The van der Waals surface area contributed by atoms with Crippen LogP contribution in [-0.4, -0.2) is 40.3 Å². The molecule has 3 rings (SSSR count). The Labute approximate surface area is 211 Å². The van der Waals surface area contributed by atoms with Crippen molar-refractivity contribution in [3.63, 3.8) is 0 Å². The summed E-state index contributed by atoms with van der Waals surface area (Å²) in [5.74, 6) is -1.88. The molecule has 1 aromatic heterocycles. The number of fused-ring (bicyclic) bond motifs is 1. The summed E-state index contributed by atoms with van der Waals surface area (Å²) in [6.07, 6.45) is 1.64. The molecule has 0 saturated carbocycles. The molecule has 0 aliphatic rings. The van der Waals surface area contributed by atoms with Gasteiger partial charge in [-0.2, -0.15) is 5.11 Å². The number of azo groups is 1. The topological polar surface area (TPSA) is 166 Å². The third-order valence-corrected chi connectivity index (χ3v) is 4.05. The second kappa shape index (κ2) is 11.9. The number of benzene rings is 2. The van der Waals surface area contributed by atoms with Crippen molar-refractivity contribution in [1.29, 1.82) is 0 Å². The minimum absolute atomic E-state index is 0. The normalized spacial score (nSPS) is 11.2. The van der Waals surface area contributed by atoms with Crippen molar-refractivity contribution in [2.75, 3.05) is 12.4 Å². The summed E-state index contributed by atoms with van der Waals surface area (Å²) in [4.78, 5) is 51.8. The number of nitrogens with zero attached hydrogens (tertiary/aromatic N) is 2. The van der Waals surface area contributed by atoms with Crippen molar-refractivity contribution < 1.29 is 55.3 Å². The van der Waals surface area contributed by atoms with Gasteiger partial charge in [-0.3, -0.25) is 4.79 Å². The fourth-order valence-corrected chi connectivity index (χ4v) is 2.65. The number of methoxy groups -OCH3 is 1. The molecule has 168 valence electrons. The molecule has 0 aliphatic carbocycles. The minimum Gasteiger partial charge on any atom is -0.510 e. The van der Waals surface area contributed by atoms with Gasteiger partial charge in [-0.1, -0.05) is 0 Å². The quantitative estimate of drug-likeness (QED) is 0.103. The first-order chi connectivity index (χ1) is 14.8. The molecule has 11 nitrogen and oxygen atoms in total. The number of anilines is 1. The fraction of sp³-hybridized carbons (Fsp3) is 0.0952. The molecule has 0 unspecified atom stereocenters. The number of esters is 1. The van der Waals surface area contributed by atoms with Crippen molar-refractivity contribution >= 4 is 40.6 Å². The van der Waals surface area contributed by atoms with Crippen molar-refractivity contribution in [3.05, 3.63) is 76.9 Å². The second-order valence-corrected chi connectivity index (χ2v) is 6.29. The second-order valence-electron chi connectivity index (χ2n) is 6.29. The summed E-state index contributed by atoms with van der Waals surface area (Å²) >= 11 is 0. The van der Waals surface area contributed by atoms with Crippen LogP contribution in [0.2, 0.25) is 0 Å². The monoisotopic (exact) mass is 675 g/mol. The minimum atomic E-state index is -0.771. The molecule has 0 fully saturated rings. The number of aliphatic hydroxyl groups is 1. The molecule has 12 heteroatoms. The summed E-state index contributed by atoms with van der Waals surface area (Å²) in [6.45, 7) is 1.25. The van der Waals surface area contributed by atoms with Gasteiger partial charge in [0.05, 0.1) is 24.4 Å². The Morgan fingerprint density at radius 1 is 1.12 bits per heavy atom. The zero-order chi connectivity index (χ0) is 22.5. The van der Waals surface area contributed by atoms with Crippen molar-refractivity contribution in [1.82, 2.24) is 9.97 Å². The number of nitrogens with one attached hydrogen (secondary N) is 3. The number of hydrogen-bond donors (Lipinski definition) is 4. The maximum absolute atomic E-state index is 12.6. The largest absolute Gasteiger partial charge is 2.00 e. The molecule has 0 atom stereocenters. The van der Waals surface area contributed by atoms with E-state index in [0.29, 0.717) is 16.7 Å². The van der Waals surface area contributed by atoms with Crippen LogP contribution in [0, 0.1) is 38.5 Å². The number of hydrogen-bond acceptors (Lipinski definition) is 8. The standard InChI is InChI=1S/C20H16N5O6.CH3.U/c1-10(27)17(18(28)21-13-3-4-15-16(8-13)23-20(30)22-15)25-24-14-6-11(9-26)5-12(7-14)19(29)31-2;;/h3-8,27H,1-2H3,(H,21,28)(H2,22,23,30);1H3;/q2*-1;+2. The number of aromatic amines is 2. The van der Waals surface area contributed by atoms with Crippen LogP contribution in [0.3, 0.4) is 0 Å². The Balaban J connectivity index is 0.00000272. The van der Waals surface area contributed by atoms with Crippen LogP contribution in [-0.2, 0) is 14.3 Å². The molecular weight excluding hydrogens is 656 g/mol. The van der Waals surface area contributed by atoms with Crippen molar-refractivity contribution in [2.24, 2.45) is 10.2 Å². The van der Waals surface area contributed by atoms with Crippen LogP contribution in [0.15, 0.2) is 62.9 Å². The number of H-pyrrole nitrogens is 2. The fourth-order valence-electron chi connectivity index (χ4n) is 2.65. The smallest absolute Gasteiger partial charge is 0.510 e. The van der Waals surface area contributed by atoms with Crippen LogP contribution in [0.5, 0.6) is 0 Å². The molecular formula is C21H19N5O6U. The van der Waals surface area contributed by atoms with Gasteiger partial charge >= 0.3 is 42.8 Å². The SMILES string of the molecule is COC(=O)c1cc([C-]=O)cc(N=NC(C(=O)Nc2ccc3[nH]c(=O)[nH]c3c2)=C(C)O)c1.[CH3-].[U+2]. The van der Waals surface area contributed by atoms with Gasteiger partial charge in [0.25, 0.3) is 5.91 Å².